The van der Waals surface area contributed by atoms with Gasteiger partial charge in [-0.3, -0.25) is 4.79 Å². The fourth-order valence-electron chi connectivity index (χ4n) is 13.8. The molecule has 2 aliphatic rings. The van der Waals surface area contributed by atoms with Crippen molar-refractivity contribution < 1.29 is 64.6 Å². The number of ether oxygens (including phenoxy) is 4. The molecule has 14 heteroatoms. The van der Waals surface area contributed by atoms with E-state index in [-0.39, 0.29) is 12.5 Å². The van der Waals surface area contributed by atoms with E-state index in [1.165, 1.54) is 276 Å². The molecule has 0 aliphatic carbocycles. The summed E-state index contributed by atoms with van der Waals surface area (Å²) in [5.41, 5.74) is 0. The number of hydrogen-bond acceptors (Lipinski definition) is 13. The summed E-state index contributed by atoms with van der Waals surface area (Å²) in [4.78, 5) is 13.4. The topological polar surface area (TPSA) is 228 Å². The minimum absolute atomic E-state index is 0.198. The molecule has 0 bridgehead atoms. The molecule has 0 radical (unpaired) electrons. The van der Waals surface area contributed by atoms with E-state index < -0.39 is 86.8 Å². The van der Waals surface area contributed by atoms with Crippen LogP contribution in [0.3, 0.4) is 0 Å². The van der Waals surface area contributed by atoms with Gasteiger partial charge in [-0.1, -0.05) is 371 Å². The van der Waals surface area contributed by atoms with Crippen LogP contribution in [0.1, 0.15) is 380 Å². The van der Waals surface area contributed by atoms with E-state index in [1.807, 2.05) is 0 Å². The molecule has 2 fully saturated rings. The van der Waals surface area contributed by atoms with Crippen LogP contribution in [0.25, 0.3) is 0 Å². The molecule has 0 aromatic carbocycles. The van der Waals surface area contributed by atoms with Crippen molar-refractivity contribution in [3.63, 3.8) is 0 Å². The van der Waals surface area contributed by atoms with E-state index in [4.69, 9.17) is 18.9 Å². The van der Waals surface area contributed by atoms with Gasteiger partial charge >= 0.3 is 0 Å². The van der Waals surface area contributed by atoms with E-state index in [2.05, 4.69) is 67.8 Å². The van der Waals surface area contributed by atoms with Crippen LogP contribution in [0.4, 0.5) is 0 Å². The highest BCUT2D eigenvalue weighted by atomic mass is 16.7. The average molecular weight is 1380 g/mol. The molecule has 0 aromatic rings. The number of unbranched alkanes of at least 4 members (excludes halogenated alkanes) is 49. The predicted octanol–water partition coefficient (Wildman–Crippen LogP) is 19.0. The summed E-state index contributed by atoms with van der Waals surface area (Å²) >= 11 is 0. The number of aliphatic hydroxyl groups is 8. The van der Waals surface area contributed by atoms with Gasteiger partial charge in [0.05, 0.1) is 32.0 Å². The molecule has 97 heavy (non-hydrogen) atoms. The average Bonchev–Trinajstić information content (AvgIpc) is 0.794. The van der Waals surface area contributed by atoms with Crippen molar-refractivity contribution in [3.05, 3.63) is 48.6 Å². The smallest absolute Gasteiger partial charge is 0.220 e. The molecule has 14 nitrogen and oxygen atoms in total. The molecule has 0 saturated carbocycles. The monoisotopic (exact) mass is 1370 g/mol. The lowest BCUT2D eigenvalue weighted by Crippen LogP contribution is -2.65. The molecule has 2 saturated heterocycles. The van der Waals surface area contributed by atoms with E-state index in [0.717, 1.165) is 77.0 Å². The third kappa shape index (κ3) is 50.1. The van der Waals surface area contributed by atoms with Crippen molar-refractivity contribution >= 4 is 5.91 Å². The highest BCUT2D eigenvalue weighted by Crippen LogP contribution is 2.31. The van der Waals surface area contributed by atoms with Gasteiger partial charge in [0, 0.05) is 6.42 Å². The van der Waals surface area contributed by atoms with Crippen LogP contribution in [-0.4, -0.2) is 140 Å². The Morgan fingerprint density at radius 1 is 0.381 bits per heavy atom. The van der Waals surface area contributed by atoms with Crippen molar-refractivity contribution in [2.45, 2.75) is 453 Å². The first kappa shape index (κ1) is 91.0. The second-order valence-corrected chi connectivity index (χ2v) is 29.2. The number of hydrogen-bond donors (Lipinski definition) is 9. The standard InChI is InChI=1S/C83H155NO13/c1-3-5-7-9-11-13-15-17-19-21-23-25-27-28-29-30-31-32-33-34-35-36-37-38-39-40-41-42-43-44-45-47-49-51-53-55-57-59-61-63-65-67-75(88)84-71(70-94-82-80(93)78(91)81(74(69-86)96-82)97-83-79(92)77(90)76(89)73(68-85)95-83)72(87)66-64-62-60-58-56-54-52-50-48-46-26-24-22-20-18-16-14-12-10-8-6-4-2/h5,7,11,13,17,19,23,25,71-74,76-83,85-87,89-93H,3-4,6,8-10,12,14-16,18,20-22,24,26-70H2,1-2H3,(H,84,88)/b7-5-,13-11-,19-17-,25-23-. The lowest BCUT2D eigenvalue weighted by molar-refractivity contribution is -0.359. The van der Waals surface area contributed by atoms with Crippen LogP contribution in [0.2, 0.25) is 0 Å². The zero-order valence-electron chi connectivity index (χ0n) is 62.6. The number of aliphatic hydroxyl groups excluding tert-OH is 8. The maximum Gasteiger partial charge on any atom is 0.220 e. The molecule has 1 amide bonds. The molecule has 2 rings (SSSR count). The van der Waals surface area contributed by atoms with E-state index in [0.29, 0.717) is 12.8 Å². The van der Waals surface area contributed by atoms with Crippen molar-refractivity contribution in [1.29, 1.82) is 0 Å². The van der Waals surface area contributed by atoms with Gasteiger partial charge in [-0.2, -0.15) is 0 Å². The highest BCUT2D eigenvalue weighted by molar-refractivity contribution is 5.76. The number of rotatable bonds is 70. The Balaban J connectivity index is 1.54. The van der Waals surface area contributed by atoms with Crippen LogP contribution < -0.4 is 5.32 Å². The highest BCUT2D eigenvalue weighted by Gasteiger charge is 2.51. The number of allylic oxidation sites excluding steroid dienone is 8. The zero-order valence-corrected chi connectivity index (χ0v) is 62.6. The van der Waals surface area contributed by atoms with Crippen molar-refractivity contribution in [3.8, 4) is 0 Å². The zero-order chi connectivity index (χ0) is 70.1. The summed E-state index contributed by atoms with van der Waals surface area (Å²) in [6, 6.07) is -0.828. The maximum atomic E-state index is 13.4. The first-order valence-corrected chi connectivity index (χ1v) is 41.4. The van der Waals surface area contributed by atoms with Crippen LogP contribution >= 0.6 is 0 Å². The van der Waals surface area contributed by atoms with Gasteiger partial charge in [0.25, 0.3) is 0 Å². The summed E-state index contributed by atoms with van der Waals surface area (Å²) in [6.07, 6.45) is 73.1. The first-order chi connectivity index (χ1) is 47.6. The Kier molecular flexibility index (Phi) is 63.0. The summed E-state index contributed by atoms with van der Waals surface area (Å²) in [7, 11) is 0. The van der Waals surface area contributed by atoms with Gasteiger partial charge in [-0.25, -0.2) is 0 Å². The Hall–Kier alpha value is -2.05. The van der Waals surface area contributed by atoms with E-state index in [1.54, 1.807) is 0 Å². The maximum absolute atomic E-state index is 13.4. The number of nitrogens with one attached hydrogen (secondary N) is 1. The van der Waals surface area contributed by atoms with E-state index >= 15 is 0 Å². The molecule has 2 aliphatic heterocycles. The van der Waals surface area contributed by atoms with Gasteiger partial charge in [-0.05, 0) is 51.4 Å². The molecule has 570 valence electrons. The van der Waals surface area contributed by atoms with Gasteiger partial charge in [0.1, 0.15) is 48.8 Å². The van der Waals surface area contributed by atoms with Crippen LogP contribution in [0.15, 0.2) is 48.6 Å². The molecule has 0 spiro atoms. The molecular weight excluding hydrogens is 1220 g/mol. The van der Waals surface area contributed by atoms with E-state index in [9.17, 15) is 45.6 Å². The molecule has 12 atom stereocenters. The van der Waals surface area contributed by atoms with Crippen molar-refractivity contribution in [2.24, 2.45) is 0 Å². The minimum atomic E-state index is -1.78. The summed E-state index contributed by atoms with van der Waals surface area (Å²) < 4.78 is 23.0. The van der Waals surface area contributed by atoms with Gasteiger partial charge in [-0.15, -0.1) is 0 Å². The largest absolute Gasteiger partial charge is 0.394 e. The summed E-state index contributed by atoms with van der Waals surface area (Å²) in [5, 5.41) is 87.9. The quantitative estimate of drug-likeness (QED) is 0.0204. The Labute approximate surface area is 594 Å². The third-order valence-corrected chi connectivity index (χ3v) is 20.3. The second-order valence-electron chi connectivity index (χ2n) is 29.2. The first-order valence-electron chi connectivity index (χ1n) is 41.4. The number of carbonyl (C=O) groups excluding carboxylic acids is 1. The third-order valence-electron chi connectivity index (χ3n) is 20.3. The predicted molar refractivity (Wildman–Crippen MR) is 401 cm³/mol. The van der Waals surface area contributed by atoms with Gasteiger partial charge < -0.3 is 65.1 Å². The van der Waals surface area contributed by atoms with Gasteiger partial charge in [0.15, 0.2) is 12.6 Å². The molecule has 0 aromatic heterocycles. The normalized spacial score (nSPS) is 22.3. The van der Waals surface area contributed by atoms with Crippen LogP contribution in [0.5, 0.6) is 0 Å². The lowest BCUT2D eigenvalue weighted by atomic mass is 9.97. The van der Waals surface area contributed by atoms with Crippen LogP contribution in [-0.2, 0) is 23.7 Å². The fraction of sp³-hybridized carbons (Fsp3) is 0.892. The van der Waals surface area contributed by atoms with Crippen molar-refractivity contribution in [2.75, 3.05) is 19.8 Å². The molecular formula is C83H155NO13. The second kappa shape index (κ2) is 67.1. The van der Waals surface area contributed by atoms with Gasteiger partial charge in [0.2, 0.25) is 5.91 Å². The lowest BCUT2D eigenvalue weighted by Gasteiger charge is -2.46. The Bertz CT molecular complexity index is 1810. The summed E-state index contributed by atoms with van der Waals surface area (Å²) in [6.45, 7) is 2.81. The molecule has 2 heterocycles. The van der Waals surface area contributed by atoms with Crippen molar-refractivity contribution in [1.82, 2.24) is 5.32 Å². The Morgan fingerprint density at radius 3 is 1.09 bits per heavy atom. The fourth-order valence-corrected chi connectivity index (χ4v) is 13.8. The van der Waals surface area contributed by atoms with Crippen LogP contribution in [0, 0.1) is 0 Å². The SMILES string of the molecule is CC/C=C\C/C=C\C/C=C\C/C=C\CCCCCCCCCCCCCCCCCCCCCCCCCCCCCCC(=O)NC(COC1OC(CO)C(OC2OC(CO)C(O)C(O)C2O)C(O)C1O)C(O)CCCCCCCCCCCCCCCCCCCCCCCC. The Morgan fingerprint density at radius 2 is 0.711 bits per heavy atom. The minimum Gasteiger partial charge on any atom is -0.394 e. The number of carbonyl (C=O) groups is 1. The molecule has 9 N–H and O–H groups in total. The summed E-state index contributed by atoms with van der Waals surface area (Å²) in [5.74, 6) is -0.198. The number of amides is 1. The molecule has 12 unspecified atom stereocenters.